The molecule has 7 nitrogen and oxygen atoms in total. The number of fused-ring (bicyclic) bond motifs is 1. The molecule has 0 radical (unpaired) electrons. The molecular weight excluding hydrogens is 461 g/mol. The minimum absolute atomic E-state index is 0.0146. The Labute approximate surface area is 209 Å². The zero-order chi connectivity index (χ0) is 25.9. The second-order valence-corrected chi connectivity index (χ2v) is 9.33. The Bertz CT molecular complexity index is 1370. The second-order valence-electron chi connectivity index (χ2n) is 9.33. The fraction of sp³-hybridized carbons (Fsp3) is 0.250. The van der Waals surface area contributed by atoms with E-state index in [9.17, 15) is 14.0 Å². The lowest BCUT2D eigenvalue weighted by Gasteiger charge is -2.20. The summed E-state index contributed by atoms with van der Waals surface area (Å²) >= 11 is 0. The van der Waals surface area contributed by atoms with Gasteiger partial charge in [0.25, 0.3) is 11.8 Å². The van der Waals surface area contributed by atoms with Crippen molar-refractivity contribution < 1.29 is 23.5 Å². The monoisotopic (exact) mass is 487 g/mol. The van der Waals surface area contributed by atoms with E-state index in [0.717, 1.165) is 5.56 Å². The number of para-hydroxylation sites is 1. The number of amides is 2. The van der Waals surface area contributed by atoms with Crippen molar-refractivity contribution in [1.82, 2.24) is 10.3 Å². The molecule has 184 valence electrons. The van der Waals surface area contributed by atoms with Gasteiger partial charge < -0.3 is 19.7 Å². The van der Waals surface area contributed by atoms with Gasteiger partial charge in [-0.2, -0.15) is 0 Å². The van der Waals surface area contributed by atoms with Crippen molar-refractivity contribution in [2.75, 3.05) is 18.6 Å². The molecule has 1 aliphatic rings. The van der Waals surface area contributed by atoms with Gasteiger partial charge in [-0.15, -0.1) is 0 Å². The maximum atomic E-state index is 13.9. The highest BCUT2D eigenvalue weighted by Crippen LogP contribution is 2.32. The van der Waals surface area contributed by atoms with Crippen LogP contribution in [-0.2, 0) is 4.79 Å². The highest BCUT2D eigenvalue weighted by molar-refractivity contribution is 6.03. The van der Waals surface area contributed by atoms with Crippen molar-refractivity contribution in [3.63, 3.8) is 0 Å². The van der Waals surface area contributed by atoms with Crippen molar-refractivity contribution in [2.24, 2.45) is 5.41 Å². The molecule has 8 heteroatoms. The Kier molecular flexibility index (Phi) is 6.93. The van der Waals surface area contributed by atoms with E-state index >= 15 is 0 Å². The molecule has 1 aliphatic heterocycles. The zero-order valence-corrected chi connectivity index (χ0v) is 20.5. The number of carbonyl (C=O) groups excluding carboxylic acids is 2. The summed E-state index contributed by atoms with van der Waals surface area (Å²) in [6.45, 7) is 6.00. The molecule has 4 rings (SSSR count). The number of nitrogens with one attached hydrogen (secondary N) is 1. The molecule has 2 aromatic carbocycles. The van der Waals surface area contributed by atoms with Crippen LogP contribution in [0.2, 0.25) is 0 Å². The third-order valence-electron chi connectivity index (χ3n) is 5.27. The molecule has 1 unspecified atom stereocenters. The molecule has 2 amide bonds. The van der Waals surface area contributed by atoms with Crippen molar-refractivity contribution in [3.8, 4) is 29.1 Å². The number of nitrogens with zero attached hydrogens (tertiary/aromatic N) is 2. The topological polar surface area (TPSA) is 80.8 Å². The Morgan fingerprint density at radius 1 is 1.19 bits per heavy atom. The fourth-order valence-corrected chi connectivity index (χ4v) is 3.42. The number of pyridine rings is 1. The first kappa shape index (κ1) is 24.7. The van der Waals surface area contributed by atoms with Gasteiger partial charge in [-0.05, 0) is 57.2 Å². The lowest BCUT2D eigenvalue weighted by Crippen LogP contribution is -2.49. The Hall–Kier alpha value is -4.38. The van der Waals surface area contributed by atoms with Crippen LogP contribution in [-0.4, -0.2) is 36.5 Å². The van der Waals surface area contributed by atoms with Crippen LogP contribution in [0.3, 0.4) is 0 Å². The summed E-state index contributed by atoms with van der Waals surface area (Å²) in [4.78, 5) is 31.6. The first-order valence-corrected chi connectivity index (χ1v) is 11.4. The van der Waals surface area contributed by atoms with E-state index in [4.69, 9.17) is 9.47 Å². The number of halogens is 1. The normalized spacial score (nSPS) is 15.1. The third-order valence-corrected chi connectivity index (χ3v) is 5.27. The number of hydrogen-bond donors (Lipinski definition) is 1. The number of carbonyl (C=O) groups is 2. The van der Waals surface area contributed by atoms with Gasteiger partial charge in [-0.3, -0.25) is 14.6 Å². The van der Waals surface area contributed by atoms with Crippen LogP contribution >= 0.6 is 0 Å². The highest BCUT2D eigenvalue weighted by Gasteiger charge is 2.31. The molecule has 1 N–H and O–H groups in total. The molecule has 0 fully saturated rings. The summed E-state index contributed by atoms with van der Waals surface area (Å²) < 4.78 is 25.3. The maximum absolute atomic E-state index is 13.9. The molecule has 0 aliphatic carbocycles. The van der Waals surface area contributed by atoms with Gasteiger partial charge in [0.05, 0.1) is 5.69 Å². The number of ether oxygens (including phenoxy) is 2. The molecule has 0 bridgehead atoms. The summed E-state index contributed by atoms with van der Waals surface area (Å²) in [6.07, 6.45) is 1.37. The zero-order valence-electron chi connectivity index (χ0n) is 20.5. The highest BCUT2D eigenvalue weighted by atomic mass is 19.1. The number of likely N-dealkylation sites (N-methyl/N-ethyl adjacent to an activating group) is 1. The average molecular weight is 488 g/mol. The van der Waals surface area contributed by atoms with E-state index in [-0.39, 0.29) is 35.1 Å². The predicted octanol–water partition coefficient (Wildman–Crippen LogP) is 4.56. The lowest BCUT2D eigenvalue weighted by atomic mass is 9.97. The number of aromatic nitrogens is 1. The Morgan fingerprint density at radius 3 is 2.72 bits per heavy atom. The van der Waals surface area contributed by atoms with Crippen LogP contribution in [0.4, 0.5) is 10.1 Å². The number of anilines is 1. The minimum Gasteiger partial charge on any atom is -0.489 e. The van der Waals surface area contributed by atoms with Gasteiger partial charge in [-0.25, -0.2) is 4.39 Å². The molecule has 1 atom stereocenters. The van der Waals surface area contributed by atoms with Crippen LogP contribution < -0.4 is 19.7 Å². The van der Waals surface area contributed by atoms with Gasteiger partial charge in [0, 0.05) is 30.3 Å². The van der Waals surface area contributed by atoms with Crippen LogP contribution in [0.5, 0.6) is 17.2 Å². The maximum Gasteiger partial charge on any atom is 0.270 e. The van der Waals surface area contributed by atoms with Crippen LogP contribution in [0.1, 0.15) is 36.8 Å². The van der Waals surface area contributed by atoms with Gasteiger partial charge in [-0.1, -0.05) is 24.0 Å². The molecule has 0 saturated carbocycles. The van der Waals surface area contributed by atoms with Crippen LogP contribution in [0.25, 0.3) is 0 Å². The predicted molar refractivity (Wildman–Crippen MR) is 134 cm³/mol. The number of hydrogen-bond acceptors (Lipinski definition) is 5. The lowest BCUT2D eigenvalue weighted by molar-refractivity contribution is -0.120. The summed E-state index contributed by atoms with van der Waals surface area (Å²) in [7, 11) is 1.62. The molecule has 36 heavy (non-hydrogen) atoms. The van der Waals surface area contributed by atoms with E-state index < -0.39 is 17.8 Å². The molecule has 0 spiro atoms. The van der Waals surface area contributed by atoms with Crippen LogP contribution in [0, 0.1) is 23.1 Å². The quantitative estimate of drug-likeness (QED) is 0.546. The van der Waals surface area contributed by atoms with Crippen molar-refractivity contribution in [1.29, 1.82) is 0 Å². The summed E-state index contributed by atoms with van der Waals surface area (Å²) in [5.74, 6) is 5.60. The SMILES string of the molecule is CN1C(=O)C(NC(=O)c2cc(Oc3ccccc3F)ccn2)COc2ccc(C#CC(C)(C)C)cc21. The minimum atomic E-state index is -0.947. The molecule has 1 aromatic heterocycles. The standard InChI is InChI=1S/C28H26FN3O4/c1-28(2,3)13-11-18-9-10-25-23(15-18)32(4)27(34)22(17-35-25)31-26(33)21-16-19(12-14-30-21)36-24-8-6-5-7-20(24)29/h5-10,12,14-16,22H,17H2,1-4H3,(H,31,33). The van der Waals surface area contributed by atoms with E-state index in [0.29, 0.717) is 11.4 Å². The first-order valence-electron chi connectivity index (χ1n) is 11.4. The van der Waals surface area contributed by atoms with E-state index in [1.165, 1.54) is 35.4 Å². The fourth-order valence-electron chi connectivity index (χ4n) is 3.42. The van der Waals surface area contributed by atoms with E-state index in [1.54, 1.807) is 31.3 Å². The third kappa shape index (κ3) is 5.81. The molecule has 2 heterocycles. The van der Waals surface area contributed by atoms with Crippen molar-refractivity contribution in [3.05, 3.63) is 77.9 Å². The first-order chi connectivity index (χ1) is 17.1. The average Bonchev–Trinajstić information content (AvgIpc) is 2.96. The Balaban J connectivity index is 1.49. The van der Waals surface area contributed by atoms with Crippen molar-refractivity contribution in [2.45, 2.75) is 26.8 Å². The largest absolute Gasteiger partial charge is 0.489 e. The molecule has 0 saturated heterocycles. The van der Waals surface area contributed by atoms with Crippen molar-refractivity contribution >= 4 is 17.5 Å². The Morgan fingerprint density at radius 2 is 1.97 bits per heavy atom. The van der Waals surface area contributed by atoms with Gasteiger partial charge in [0.2, 0.25) is 0 Å². The number of rotatable bonds is 4. The summed E-state index contributed by atoms with van der Waals surface area (Å²) in [5, 5.41) is 2.68. The van der Waals surface area contributed by atoms with Crippen LogP contribution in [0.15, 0.2) is 60.8 Å². The summed E-state index contributed by atoms with van der Waals surface area (Å²) in [6, 6.07) is 13.3. The molecule has 3 aromatic rings. The number of benzene rings is 2. The van der Waals surface area contributed by atoms with Gasteiger partial charge in [0.1, 0.15) is 29.8 Å². The summed E-state index contributed by atoms with van der Waals surface area (Å²) in [5.41, 5.74) is 1.17. The molecular formula is C28H26FN3O4. The van der Waals surface area contributed by atoms with E-state index in [1.807, 2.05) is 26.8 Å². The van der Waals surface area contributed by atoms with E-state index in [2.05, 4.69) is 22.1 Å². The van der Waals surface area contributed by atoms with Gasteiger partial charge in [0.15, 0.2) is 11.6 Å². The smallest absolute Gasteiger partial charge is 0.270 e. The van der Waals surface area contributed by atoms with Gasteiger partial charge >= 0.3 is 0 Å². The second kappa shape index (κ2) is 10.1.